The monoisotopic (exact) mass is 214 g/mol. The van der Waals surface area contributed by atoms with Crippen LogP contribution in [0.2, 0.25) is 0 Å². The topological polar surface area (TPSA) is 46.5 Å². The van der Waals surface area contributed by atoms with Gasteiger partial charge in [0, 0.05) is 0 Å². The van der Waals surface area contributed by atoms with Crippen LogP contribution in [0, 0.1) is 6.92 Å². The number of hydrogen-bond acceptors (Lipinski definition) is 2. The minimum Gasteiger partial charge on any atom is -0.496 e. The minimum absolute atomic E-state index is 0.567. The van der Waals surface area contributed by atoms with E-state index in [-0.39, 0.29) is 0 Å². The standard InChI is InChI=1S/C10H11ClO3/c1-6-5-7(9(11)10(12)13)3-4-8(6)14-2/h3-5,9H,1-2H3,(H,12,13). The van der Waals surface area contributed by atoms with Crippen LogP contribution in [-0.4, -0.2) is 18.2 Å². The van der Waals surface area contributed by atoms with E-state index >= 15 is 0 Å². The molecule has 0 aliphatic rings. The van der Waals surface area contributed by atoms with Crippen LogP contribution in [-0.2, 0) is 4.79 Å². The number of hydrogen-bond donors (Lipinski definition) is 1. The van der Waals surface area contributed by atoms with Crippen molar-refractivity contribution in [3.63, 3.8) is 0 Å². The molecule has 1 aromatic carbocycles. The lowest BCUT2D eigenvalue weighted by atomic mass is 10.1. The zero-order chi connectivity index (χ0) is 10.7. The third-order valence-electron chi connectivity index (χ3n) is 1.93. The summed E-state index contributed by atoms with van der Waals surface area (Å²) in [7, 11) is 1.57. The highest BCUT2D eigenvalue weighted by molar-refractivity contribution is 6.29. The van der Waals surface area contributed by atoms with Crippen LogP contribution in [0.3, 0.4) is 0 Å². The molecule has 1 atom stereocenters. The van der Waals surface area contributed by atoms with Crippen molar-refractivity contribution in [3.05, 3.63) is 29.3 Å². The van der Waals surface area contributed by atoms with E-state index in [2.05, 4.69) is 0 Å². The van der Waals surface area contributed by atoms with Crippen LogP contribution >= 0.6 is 11.6 Å². The van der Waals surface area contributed by atoms with E-state index in [0.717, 1.165) is 11.3 Å². The van der Waals surface area contributed by atoms with Crippen LogP contribution in [0.25, 0.3) is 0 Å². The third-order valence-corrected chi connectivity index (χ3v) is 2.37. The Hall–Kier alpha value is -1.22. The Labute approximate surface area is 87.3 Å². The van der Waals surface area contributed by atoms with Gasteiger partial charge in [0.2, 0.25) is 0 Å². The van der Waals surface area contributed by atoms with Crippen LogP contribution < -0.4 is 4.74 Å². The van der Waals surface area contributed by atoms with Gasteiger partial charge in [0.05, 0.1) is 7.11 Å². The van der Waals surface area contributed by atoms with Gasteiger partial charge >= 0.3 is 5.97 Å². The van der Waals surface area contributed by atoms with Gasteiger partial charge in [-0.3, -0.25) is 4.79 Å². The van der Waals surface area contributed by atoms with Gasteiger partial charge in [-0.1, -0.05) is 12.1 Å². The third kappa shape index (κ3) is 2.17. The van der Waals surface area contributed by atoms with Gasteiger partial charge in [0.25, 0.3) is 0 Å². The first-order valence-corrected chi connectivity index (χ1v) is 4.51. The molecular formula is C10H11ClO3. The number of alkyl halides is 1. The van der Waals surface area contributed by atoms with Gasteiger partial charge in [0.1, 0.15) is 5.75 Å². The van der Waals surface area contributed by atoms with E-state index < -0.39 is 11.3 Å². The second-order valence-corrected chi connectivity index (χ2v) is 3.37. The molecule has 0 aliphatic heterocycles. The van der Waals surface area contributed by atoms with Crippen molar-refractivity contribution in [2.24, 2.45) is 0 Å². The van der Waals surface area contributed by atoms with Crippen molar-refractivity contribution in [3.8, 4) is 5.75 Å². The summed E-state index contributed by atoms with van der Waals surface area (Å²) in [6.45, 7) is 1.84. The number of methoxy groups -OCH3 is 1. The van der Waals surface area contributed by atoms with Crippen LogP contribution in [0.15, 0.2) is 18.2 Å². The quantitative estimate of drug-likeness (QED) is 0.786. The Morgan fingerprint density at radius 1 is 1.57 bits per heavy atom. The maximum Gasteiger partial charge on any atom is 0.326 e. The number of halogens is 1. The maximum absolute atomic E-state index is 10.6. The van der Waals surface area contributed by atoms with Gasteiger partial charge in [0.15, 0.2) is 5.38 Å². The molecule has 1 rings (SSSR count). The highest BCUT2D eigenvalue weighted by atomic mass is 35.5. The molecule has 1 unspecified atom stereocenters. The largest absolute Gasteiger partial charge is 0.496 e. The lowest BCUT2D eigenvalue weighted by Crippen LogP contribution is -2.05. The molecule has 0 aromatic heterocycles. The predicted molar refractivity (Wildman–Crippen MR) is 54.0 cm³/mol. The molecule has 0 heterocycles. The summed E-state index contributed by atoms with van der Waals surface area (Å²) < 4.78 is 5.05. The van der Waals surface area contributed by atoms with Crippen LogP contribution in [0.4, 0.5) is 0 Å². The molecule has 0 spiro atoms. The van der Waals surface area contributed by atoms with E-state index in [9.17, 15) is 4.79 Å². The molecule has 3 nitrogen and oxygen atoms in total. The van der Waals surface area contributed by atoms with E-state index in [0.29, 0.717) is 5.56 Å². The van der Waals surface area contributed by atoms with Crippen molar-refractivity contribution in [2.75, 3.05) is 7.11 Å². The van der Waals surface area contributed by atoms with Crippen molar-refractivity contribution in [2.45, 2.75) is 12.3 Å². The first kappa shape index (κ1) is 10.9. The molecule has 1 N–H and O–H groups in total. The summed E-state index contributed by atoms with van der Waals surface area (Å²) in [4.78, 5) is 10.6. The van der Waals surface area contributed by atoms with Gasteiger partial charge in [-0.2, -0.15) is 0 Å². The molecule has 0 aliphatic carbocycles. The van der Waals surface area contributed by atoms with Crippen molar-refractivity contribution in [1.82, 2.24) is 0 Å². The minimum atomic E-state index is -1.05. The predicted octanol–water partition coefficient (Wildman–Crippen LogP) is 2.37. The van der Waals surface area contributed by atoms with Gasteiger partial charge in [-0.15, -0.1) is 11.6 Å². The fourth-order valence-electron chi connectivity index (χ4n) is 1.20. The number of aliphatic carboxylic acids is 1. The van der Waals surface area contributed by atoms with Gasteiger partial charge in [-0.25, -0.2) is 0 Å². The van der Waals surface area contributed by atoms with Gasteiger partial charge in [-0.05, 0) is 24.1 Å². The van der Waals surface area contributed by atoms with E-state index in [4.69, 9.17) is 21.4 Å². The molecule has 0 saturated carbocycles. The zero-order valence-corrected chi connectivity index (χ0v) is 8.71. The molecule has 4 heteroatoms. The maximum atomic E-state index is 10.6. The normalized spacial score (nSPS) is 12.2. The van der Waals surface area contributed by atoms with Crippen molar-refractivity contribution in [1.29, 1.82) is 0 Å². The molecule has 76 valence electrons. The first-order valence-electron chi connectivity index (χ1n) is 4.07. The summed E-state index contributed by atoms with van der Waals surface area (Å²) in [5.41, 5.74) is 1.44. The number of benzene rings is 1. The first-order chi connectivity index (χ1) is 6.56. The molecule has 1 aromatic rings. The van der Waals surface area contributed by atoms with E-state index in [1.54, 1.807) is 25.3 Å². The smallest absolute Gasteiger partial charge is 0.326 e. The highest BCUT2D eigenvalue weighted by Gasteiger charge is 2.16. The second kappa shape index (κ2) is 4.33. The number of carboxylic acid groups (broad SMARTS) is 1. The molecule has 0 radical (unpaired) electrons. The molecule has 0 fully saturated rings. The Bertz CT molecular complexity index is 349. The van der Waals surface area contributed by atoms with Crippen molar-refractivity contribution >= 4 is 17.6 Å². The summed E-state index contributed by atoms with van der Waals surface area (Å²) in [6.07, 6.45) is 0. The Kier molecular flexibility index (Phi) is 3.36. The average Bonchev–Trinajstić information content (AvgIpc) is 2.16. The summed E-state index contributed by atoms with van der Waals surface area (Å²) in [6, 6.07) is 5.07. The molecule has 14 heavy (non-hydrogen) atoms. The zero-order valence-electron chi connectivity index (χ0n) is 7.95. The molecular weight excluding hydrogens is 204 g/mol. The lowest BCUT2D eigenvalue weighted by Gasteiger charge is -2.08. The number of carbonyl (C=O) groups is 1. The number of carboxylic acids is 1. The summed E-state index contributed by atoms with van der Waals surface area (Å²) in [5.74, 6) is -0.320. The van der Waals surface area contributed by atoms with Crippen LogP contribution in [0.5, 0.6) is 5.75 Å². The summed E-state index contributed by atoms with van der Waals surface area (Å²) in [5, 5.41) is 7.69. The SMILES string of the molecule is COc1ccc(C(Cl)C(=O)O)cc1C. The number of rotatable bonds is 3. The van der Waals surface area contributed by atoms with E-state index in [1.165, 1.54) is 0 Å². The molecule has 0 saturated heterocycles. The van der Waals surface area contributed by atoms with Gasteiger partial charge < -0.3 is 9.84 Å². The molecule has 0 bridgehead atoms. The Balaban J connectivity index is 3.02. The average molecular weight is 215 g/mol. The number of ether oxygens (including phenoxy) is 1. The second-order valence-electron chi connectivity index (χ2n) is 2.93. The Morgan fingerprint density at radius 2 is 2.21 bits per heavy atom. The summed E-state index contributed by atoms with van der Waals surface area (Å²) >= 11 is 5.67. The fourth-order valence-corrected chi connectivity index (χ4v) is 1.34. The van der Waals surface area contributed by atoms with Crippen molar-refractivity contribution < 1.29 is 14.6 Å². The lowest BCUT2D eigenvalue weighted by molar-refractivity contribution is -0.136. The molecule has 0 amide bonds. The number of aryl methyl sites for hydroxylation is 1. The van der Waals surface area contributed by atoms with E-state index in [1.807, 2.05) is 6.92 Å². The highest BCUT2D eigenvalue weighted by Crippen LogP contribution is 2.26. The Morgan fingerprint density at radius 3 is 2.64 bits per heavy atom. The van der Waals surface area contributed by atoms with Crippen LogP contribution in [0.1, 0.15) is 16.5 Å². The fraction of sp³-hybridized carbons (Fsp3) is 0.300.